The van der Waals surface area contributed by atoms with E-state index in [0.717, 1.165) is 19.0 Å². The van der Waals surface area contributed by atoms with Crippen LogP contribution in [0.25, 0.3) is 0 Å². The summed E-state index contributed by atoms with van der Waals surface area (Å²) in [7, 11) is 0. The Balaban J connectivity index is 1.86. The normalized spacial score (nSPS) is 23.9. The molecule has 0 saturated carbocycles. The highest BCUT2D eigenvalue weighted by Crippen LogP contribution is 2.18. The van der Waals surface area contributed by atoms with Gasteiger partial charge in [-0.1, -0.05) is 0 Å². The molecule has 0 unspecified atom stereocenters. The Labute approximate surface area is 89.7 Å². The summed E-state index contributed by atoms with van der Waals surface area (Å²) in [6, 6.07) is 2.22. The molecule has 1 atom stereocenters. The first kappa shape index (κ1) is 10.1. The molecule has 2 nitrogen and oxygen atoms in total. The van der Waals surface area contributed by atoms with E-state index in [1.807, 2.05) is 0 Å². The largest absolute Gasteiger partial charge is 0.330 e. The molecule has 0 radical (unpaired) electrons. The van der Waals surface area contributed by atoms with Crippen molar-refractivity contribution in [2.75, 3.05) is 19.6 Å². The summed E-state index contributed by atoms with van der Waals surface area (Å²) in [4.78, 5) is 2.53. The molecular weight excluding hydrogens is 192 g/mol. The number of nitrogens with zero attached hydrogens (tertiary/aromatic N) is 1. The van der Waals surface area contributed by atoms with Crippen molar-refractivity contribution in [3.63, 3.8) is 0 Å². The summed E-state index contributed by atoms with van der Waals surface area (Å²) in [5, 5.41) is 4.39. The van der Waals surface area contributed by atoms with Gasteiger partial charge in [0.25, 0.3) is 0 Å². The van der Waals surface area contributed by atoms with Gasteiger partial charge in [-0.2, -0.15) is 11.3 Å². The van der Waals surface area contributed by atoms with E-state index in [-0.39, 0.29) is 0 Å². The molecule has 0 aromatic carbocycles. The van der Waals surface area contributed by atoms with Crippen molar-refractivity contribution in [2.24, 2.45) is 11.7 Å². The zero-order chi connectivity index (χ0) is 9.80. The van der Waals surface area contributed by atoms with Crippen LogP contribution in [0, 0.1) is 5.92 Å². The lowest BCUT2D eigenvalue weighted by atomic mass is 9.98. The fraction of sp³-hybridized carbons (Fsp3) is 0.636. The van der Waals surface area contributed by atoms with E-state index in [2.05, 4.69) is 21.7 Å². The van der Waals surface area contributed by atoms with Crippen LogP contribution in [-0.2, 0) is 6.54 Å². The Morgan fingerprint density at radius 2 is 2.50 bits per heavy atom. The minimum absolute atomic E-state index is 0.724. The van der Waals surface area contributed by atoms with Crippen LogP contribution in [0.2, 0.25) is 0 Å². The van der Waals surface area contributed by atoms with Crippen LogP contribution in [0.5, 0.6) is 0 Å². The molecule has 2 rings (SSSR count). The third-order valence-corrected chi connectivity index (χ3v) is 3.65. The second-order valence-corrected chi connectivity index (χ2v) is 4.89. The Hall–Kier alpha value is -0.380. The topological polar surface area (TPSA) is 29.3 Å². The maximum Gasteiger partial charge on any atom is 0.0242 e. The van der Waals surface area contributed by atoms with E-state index in [4.69, 9.17) is 5.73 Å². The highest BCUT2D eigenvalue weighted by Gasteiger charge is 2.18. The fourth-order valence-electron chi connectivity index (χ4n) is 2.13. The van der Waals surface area contributed by atoms with Gasteiger partial charge < -0.3 is 5.73 Å². The standard InChI is InChI=1S/C11H18N2S/c12-6-10-2-1-4-13(7-10)8-11-3-5-14-9-11/h3,5,9-10H,1-2,4,6-8,12H2/t10-/m0/s1. The molecule has 0 spiro atoms. The highest BCUT2D eigenvalue weighted by molar-refractivity contribution is 7.07. The Bertz CT molecular complexity index is 258. The smallest absolute Gasteiger partial charge is 0.0242 e. The van der Waals surface area contributed by atoms with Crippen molar-refractivity contribution in [3.8, 4) is 0 Å². The molecule has 3 heteroatoms. The van der Waals surface area contributed by atoms with Crippen molar-refractivity contribution in [2.45, 2.75) is 19.4 Å². The van der Waals surface area contributed by atoms with Crippen LogP contribution in [0.3, 0.4) is 0 Å². The molecule has 1 aliphatic rings. The first-order valence-electron chi connectivity index (χ1n) is 5.32. The fourth-order valence-corrected chi connectivity index (χ4v) is 2.79. The van der Waals surface area contributed by atoms with Gasteiger partial charge >= 0.3 is 0 Å². The Morgan fingerprint density at radius 1 is 1.57 bits per heavy atom. The third-order valence-electron chi connectivity index (χ3n) is 2.92. The zero-order valence-electron chi connectivity index (χ0n) is 8.48. The average Bonchev–Trinajstić information content (AvgIpc) is 2.71. The molecule has 0 bridgehead atoms. The lowest BCUT2D eigenvalue weighted by molar-refractivity contribution is 0.171. The van der Waals surface area contributed by atoms with Crippen LogP contribution in [0.1, 0.15) is 18.4 Å². The summed E-state index contributed by atoms with van der Waals surface area (Å²) < 4.78 is 0. The monoisotopic (exact) mass is 210 g/mol. The number of likely N-dealkylation sites (tertiary alicyclic amines) is 1. The maximum atomic E-state index is 5.71. The molecule has 0 amide bonds. The molecule has 0 aliphatic carbocycles. The zero-order valence-corrected chi connectivity index (χ0v) is 9.30. The summed E-state index contributed by atoms with van der Waals surface area (Å²) in [6.07, 6.45) is 2.63. The minimum Gasteiger partial charge on any atom is -0.330 e. The van der Waals surface area contributed by atoms with Gasteiger partial charge in [0.1, 0.15) is 0 Å². The SMILES string of the molecule is NC[C@@H]1CCCN(Cc2ccsc2)C1. The van der Waals surface area contributed by atoms with Gasteiger partial charge in [0.05, 0.1) is 0 Å². The molecule has 78 valence electrons. The van der Waals surface area contributed by atoms with E-state index in [0.29, 0.717) is 0 Å². The third kappa shape index (κ3) is 2.56. The molecule has 1 saturated heterocycles. The van der Waals surface area contributed by atoms with Crippen LogP contribution in [-0.4, -0.2) is 24.5 Å². The molecule has 2 N–H and O–H groups in total. The minimum atomic E-state index is 0.724. The van der Waals surface area contributed by atoms with Crippen LogP contribution < -0.4 is 5.73 Å². The number of hydrogen-bond donors (Lipinski definition) is 1. The van der Waals surface area contributed by atoms with Gasteiger partial charge in [0, 0.05) is 13.1 Å². The molecule has 1 fully saturated rings. The second-order valence-electron chi connectivity index (χ2n) is 4.11. The molecule has 1 aromatic rings. The molecular formula is C11H18N2S. The summed E-state index contributed by atoms with van der Waals surface area (Å²) in [6.45, 7) is 4.39. The molecule has 1 aliphatic heterocycles. The van der Waals surface area contributed by atoms with Crippen molar-refractivity contribution in [1.82, 2.24) is 4.90 Å². The lowest BCUT2D eigenvalue weighted by Gasteiger charge is -2.31. The molecule has 1 aromatic heterocycles. The van der Waals surface area contributed by atoms with E-state index in [1.54, 1.807) is 11.3 Å². The van der Waals surface area contributed by atoms with Crippen LogP contribution in [0.15, 0.2) is 16.8 Å². The van der Waals surface area contributed by atoms with Gasteiger partial charge in [-0.25, -0.2) is 0 Å². The first-order chi connectivity index (χ1) is 6.88. The number of thiophene rings is 1. The van der Waals surface area contributed by atoms with Gasteiger partial charge in [-0.15, -0.1) is 0 Å². The number of nitrogens with two attached hydrogens (primary N) is 1. The summed E-state index contributed by atoms with van der Waals surface area (Å²) in [5.74, 6) is 0.724. The van der Waals surface area contributed by atoms with Gasteiger partial charge in [0.15, 0.2) is 0 Å². The predicted molar refractivity (Wildman–Crippen MR) is 61.4 cm³/mol. The summed E-state index contributed by atoms with van der Waals surface area (Å²) in [5.41, 5.74) is 7.17. The Kier molecular flexibility index (Phi) is 3.56. The maximum absolute atomic E-state index is 5.71. The second kappa shape index (κ2) is 4.91. The van der Waals surface area contributed by atoms with Crippen molar-refractivity contribution < 1.29 is 0 Å². The number of piperidine rings is 1. The predicted octanol–water partition coefficient (Wildman–Crippen LogP) is 1.92. The van der Waals surface area contributed by atoms with E-state index in [1.165, 1.54) is 31.5 Å². The van der Waals surface area contributed by atoms with E-state index in [9.17, 15) is 0 Å². The highest BCUT2D eigenvalue weighted by atomic mass is 32.1. The quantitative estimate of drug-likeness (QED) is 0.826. The number of hydrogen-bond acceptors (Lipinski definition) is 3. The summed E-state index contributed by atoms with van der Waals surface area (Å²) >= 11 is 1.78. The molecule has 2 heterocycles. The van der Waals surface area contributed by atoms with Gasteiger partial charge in [-0.3, -0.25) is 4.90 Å². The average molecular weight is 210 g/mol. The lowest BCUT2D eigenvalue weighted by Crippen LogP contribution is -2.37. The van der Waals surface area contributed by atoms with E-state index >= 15 is 0 Å². The van der Waals surface area contributed by atoms with Crippen LogP contribution in [0.4, 0.5) is 0 Å². The van der Waals surface area contributed by atoms with Gasteiger partial charge in [0.2, 0.25) is 0 Å². The van der Waals surface area contributed by atoms with Crippen molar-refractivity contribution >= 4 is 11.3 Å². The van der Waals surface area contributed by atoms with E-state index < -0.39 is 0 Å². The first-order valence-corrected chi connectivity index (χ1v) is 6.26. The van der Waals surface area contributed by atoms with Crippen molar-refractivity contribution in [1.29, 1.82) is 0 Å². The van der Waals surface area contributed by atoms with Crippen molar-refractivity contribution in [3.05, 3.63) is 22.4 Å². The van der Waals surface area contributed by atoms with Gasteiger partial charge in [-0.05, 0) is 54.2 Å². The van der Waals surface area contributed by atoms with Crippen LogP contribution >= 0.6 is 11.3 Å². The molecule has 14 heavy (non-hydrogen) atoms. The number of rotatable bonds is 3. The Morgan fingerprint density at radius 3 is 3.21 bits per heavy atom.